The molecule has 1 aliphatic heterocycles. The van der Waals surface area contributed by atoms with E-state index in [2.05, 4.69) is 0 Å². The van der Waals surface area contributed by atoms with E-state index in [0.717, 1.165) is 42.5 Å². The second-order valence-corrected chi connectivity index (χ2v) is 11.6. The summed E-state index contributed by atoms with van der Waals surface area (Å²) >= 11 is 0. The maximum Gasteiger partial charge on any atom is 0.345 e. The Hall–Kier alpha value is -7.36. The molecule has 1 heterocycles. The molecule has 0 saturated carbocycles. The number of hydrogen-bond donors (Lipinski definition) is 9. The molecule has 5 aromatic rings. The van der Waals surface area contributed by atoms with Crippen molar-refractivity contribution < 1.29 is 79.3 Å². The van der Waals surface area contributed by atoms with Crippen LogP contribution in [0.5, 0.6) is 51.7 Å². The van der Waals surface area contributed by atoms with Crippen molar-refractivity contribution in [3.63, 3.8) is 0 Å². The van der Waals surface area contributed by atoms with Crippen molar-refractivity contribution in [2.75, 3.05) is 0 Å². The SMILES string of the molecule is O=C(O[C@H](Cc1ccc(O)c(O)c1)C(=O)O)c1cc2ccc(O)c3c2c(c1C(=O)O[C@H](Cc1ccc(O)c(O)c1)C(=O)O)-c1cc(O)c(O)cc1O3. The molecule has 0 radical (unpaired) electrons. The van der Waals surface area contributed by atoms with Crippen LogP contribution in [0, 0.1) is 0 Å². The average Bonchev–Trinajstić information content (AvgIpc) is 3.09. The molecule has 0 fully saturated rings. The van der Waals surface area contributed by atoms with Gasteiger partial charge in [-0.2, -0.15) is 0 Å². The summed E-state index contributed by atoms with van der Waals surface area (Å²) in [6.07, 6.45) is -4.97. The minimum atomic E-state index is -1.98. The van der Waals surface area contributed by atoms with E-state index in [-0.39, 0.29) is 44.5 Å². The number of carboxylic acid groups (broad SMARTS) is 2. The van der Waals surface area contributed by atoms with E-state index in [1.807, 2.05) is 0 Å². The summed E-state index contributed by atoms with van der Waals surface area (Å²) < 4.78 is 16.6. The number of fused-ring (bicyclic) bond motifs is 2. The normalized spacial score (nSPS) is 12.6. The van der Waals surface area contributed by atoms with Gasteiger partial charge in [-0.15, -0.1) is 0 Å². The Bertz CT molecular complexity index is 2330. The van der Waals surface area contributed by atoms with Crippen molar-refractivity contribution in [1.82, 2.24) is 0 Å². The van der Waals surface area contributed by atoms with Gasteiger partial charge in [-0.05, 0) is 59.0 Å². The Morgan fingerprint density at radius 3 is 1.62 bits per heavy atom. The van der Waals surface area contributed by atoms with Gasteiger partial charge in [0.15, 0.2) is 46.0 Å². The summed E-state index contributed by atoms with van der Waals surface area (Å²) in [7, 11) is 0. The smallest absolute Gasteiger partial charge is 0.345 e. The van der Waals surface area contributed by atoms with Gasteiger partial charge in [-0.25, -0.2) is 19.2 Å². The molecular weight excluding hydrogens is 688 g/mol. The maximum atomic E-state index is 14.2. The first-order chi connectivity index (χ1) is 24.6. The first kappa shape index (κ1) is 34.5. The number of aromatic hydroxyl groups is 7. The first-order valence-corrected chi connectivity index (χ1v) is 15.1. The Morgan fingerprint density at radius 1 is 0.577 bits per heavy atom. The minimum absolute atomic E-state index is 0.0224. The van der Waals surface area contributed by atoms with E-state index in [9.17, 15) is 65.1 Å². The maximum absolute atomic E-state index is 14.2. The van der Waals surface area contributed by atoms with Crippen molar-refractivity contribution in [2.24, 2.45) is 0 Å². The average molecular weight is 715 g/mol. The zero-order valence-electron chi connectivity index (χ0n) is 26.3. The number of carboxylic acids is 2. The lowest BCUT2D eigenvalue weighted by molar-refractivity contribution is -0.147. The number of carbonyl (C=O) groups excluding carboxylic acids is 2. The number of esters is 2. The van der Waals surface area contributed by atoms with Gasteiger partial charge in [0.25, 0.3) is 0 Å². The van der Waals surface area contributed by atoms with Gasteiger partial charge in [0.05, 0.1) is 11.1 Å². The van der Waals surface area contributed by atoms with Crippen LogP contribution in [0.1, 0.15) is 31.8 Å². The van der Waals surface area contributed by atoms with Crippen molar-refractivity contribution in [3.05, 3.63) is 89.0 Å². The Morgan fingerprint density at radius 2 is 1.08 bits per heavy atom. The molecule has 0 unspecified atom stereocenters. The molecule has 9 N–H and O–H groups in total. The molecule has 0 saturated heterocycles. The highest BCUT2D eigenvalue weighted by atomic mass is 16.6. The highest BCUT2D eigenvalue weighted by Crippen LogP contribution is 2.54. The largest absolute Gasteiger partial charge is 0.504 e. The molecule has 16 heteroatoms. The van der Waals surface area contributed by atoms with Crippen LogP contribution in [0.25, 0.3) is 21.9 Å². The third kappa shape index (κ3) is 6.38. The van der Waals surface area contributed by atoms with Crippen LogP contribution in [0.3, 0.4) is 0 Å². The fourth-order valence-electron chi connectivity index (χ4n) is 5.71. The fraction of sp³-hybridized carbons (Fsp3) is 0.111. The number of ether oxygens (including phenoxy) is 3. The van der Waals surface area contributed by atoms with Crippen molar-refractivity contribution in [2.45, 2.75) is 25.0 Å². The molecule has 6 rings (SSSR count). The van der Waals surface area contributed by atoms with Crippen LogP contribution >= 0.6 is 0 Å². The predicted octanol–water partition coefficient (Wildman–Crippen LogP) is 4.26. The number of phenols is 7. The van der Waals surface area contributed by atoms with Gasteiger partial charge >= 0.3 is 23.9 Å². The lowest BCUT2D eigenvalue weighted by atomic mass is 9.86. The third-order valence-corrected chi connectivity index (χ3v) is 8.19. The summed E-state index contributed by atoms with van der Waals surface area (Å²) in [5.74, 6) is -10.6. The highest BCUT2D eigenvalue weighted by molar-refractivity contribution is 6.19. The van der Waals surface area contributed by atoms with Crippen molar-refractivity contribution in [3.8, 4) is 62.9 Å². The van der Waals surface area contributed by atoms with Crippen molar-refractivity contribution >= 4 is 34.6 Å². The van der Waals surface area contributed by atoms with Crippen LogP contribution in [-0.2, 0) is 31.9 Å². The zero-order chi connectivity index (χ0) is 37.6. The van der Waals surface area contributed by atoms with E-state index < -0.39 is 100 Å². The minimum Gasteiger partial charge on any atom is -0.504 e. The second-order valence-electron chi connectivity index (χ2n) is 11.6. The molecule has 0 aromatic heterocycles. The fourth-order valence-corrected chi connectivity index (χ4v) is 5.71. The van der Waals surface area contributed by atoms with Gasteiger partial charge in [-0.1, -0.05) is 18.2 Å². The Kier molecular flexibility index (Phi) is 8.73. The first-order valence-electron chi connectivity index (χ1n) is 15.1. The van der Waals surface area contributed by atoms with E-state index in [1.54, 1.807) is 0 Å². The monoisotopic (exact) mass is 714 g/mol. The highest BCUT2D eigenvalue weighted by Gasteiger charge is 2.37. The lowest BCUT2D eigenvalue weighted by Gasteiger charge is -2.26. The molecule has 0 spiro atoms. The second kappa shape index (κ2) is 13.2. The van der Waals surface area contributed by atoms with Gasteiger partial charge in [-0.3, -0.25) is 0 Å². The van der Waals surface area contributed by atoms with E-state index in [4.69, 9.17) is 14.2 Å². The van der Waals surface area contributed by atoms with E-state index in [0.29, 0.717) is 0 Å². The summed E-state index contributed by atoms with van der Waals surface area (Å²) in [6.45, 7) is 0. The van der Waals surface area contributed by atoms with Crippen LogP contribution in [0.2, 0.25) is 0 Å². The van der Waals surface area contributed by atoms with Crippen LogP contribution in [-0.4, -0.2) is 82.0 Å². The van der Waals surface area contributed by atoms with Gasteiger partial charge < -0.3 is 60.2 Å². The van der Waals surface area contributed by atoms with Crippen LogP contribution < -0.4 is 4.74 Å². The number of benzene rings is 5. The topological polar surface area (TPSA) is 278 Å². The third-order valence-electron chi connectivity index (χ3n) is 8.19. The summed E-state index contributed by atoms with van der Waals surface area (Å²) in [5, 5.41) is 90.6. The molecule has 266 valence electrons. The van der Waals surface area contributed by atoms with Crippen LogP contribution in [0.4, 0.5) is 0 Å². The molecule has 0 aliphatic carbocycles. The number of phenolic OH excluding ortho intramolecular Hbond substituents is 7. The predicted molar refractivity (Wildman–Crippen MR) is 175 cm³/mol. The molecule has 52 heavy (non-hydrogen) atoms. The Balaban J connectivity index is 1.52. The molecule has 1 aliphatic rings. The van der Waals surface area contributed by atoms with E-state index >= 15 is 0 Å². The van der Waals surface area contributed by atoms with Crippen molar-refractivity contribution in [1.29, 1.82) is 0 Å². The molecule has 0 amide bonds. The molecular formula is C36H26O16. The number of carbonyl (C=O) groups is 4. The van der Waals surface area contributed by atoms with Crippen LogP contribution in [0.15, 0.2) is 66.7 Å². The quantitative estimate of drug-likeness (QED) is 0.0708. The number of hydrogen-bond acceptors (Lipinski definition) is 14. The lowest BCUT2D eigenvalue weighted by Crippen LogP contribution is -2.32. The summed E-state index contributed by atoms with van der Waals surface area (Å²) in [5.41, 5.74) is -1.48. The standard InChI is InChI=1S/C36H26O16/c37-19-4-1-14(7-22(19)40)9-27(33(44)45)51-35(48)18-11-16-3-6-21(39)32-29(16)30(17-12-24(42)25(43)13-26(17)50-32)31(18)36(49)52-28(34(46)47)10-15-2-5-20(38)23(41)8-15/h1-8,11-13,27-28,37-43H,9-10H2,(H,44,45)(H,46,47)/t27-,28-/m1/s1. The molecule has 5 aromatic carbocycles. The molecule has 16 nitrogen and oxygen atoms in total. The zero-order valence-corrected chi connectivity index (χ0v) is 26.3. The van der Waals surface area contributed by atoms with E-state index in [1.165, 1.54) is 24.3 Å². The molecule has 2 atom stereocenters. The Labute approximate surface area is 290 Å². The summed E-state index contributed by atoms with van der Waals surface area (Å²) in [6, 6.07) is 12.3. The van der Waals surface area contributed by atoms with Gasteiger partial charge in [0.1, 0.15) is 5.75 Å². The molecule has 0 bridgehead atoms. The van der Waals surface area contributed by atoms with Gasteiger partial charge in [0.2, 0.25) is 12.2 Å². The van der Waals surface area contributed by atoms with Gasteiger partial charge in [0, 0.05) is 35.4 Å². The number of rotatable bonds is 10. The summed E-state index contributed by atoms with van der Waals surface area (Å²) in [4.78, 5) is 52.8. The number of aliphatic carboxylic acids is 2.